The van der Waals surface area contributed by atoms with E-state index in [2.05, 4.69) is 15.5 Å². The van der Waals surface area contributed by atoms with Gasteiger partial charge in [0.1, 0.15) is 5.82 Å². The first-order valence-electron chi connectivity index (χ1n) is 10.7. The Bertz CT molecular complexity index is 906. The molecule has 0 aliphatic carbocycles. The molecular weight excluding hydrogens is 397 g/mol. The van der Waals surface area contributed by atoms with Crippen LogP contribution < -0.4 is 20.1 Å². The first-order valence-corrected chi connectivity index (χ1v) is 10.7. The molecule has 0 bridgehead atoms. The van der Waals surface area contributed by atoms with E-state index in [4.69, 9.17) is 9.47 Å². The van der Waals surface area contributed by atoms with Crippen LogP contribution in [-0.2, 0) is 13.0 Å². The van der Waals surface area contributed by atoms with E-state index in [0.29, 0.717) is 30.2 Å². The predicted molar refractivity (Wildman–Crippen MR) is 119 cm³/mol. The fourth-order valence-corrected chi connectivity index (χ4v) is 4.21. The van der Waals surface area contributed by atoms with Gasteiger partial charge in [0.15, 0.2) is 11.5 Å². The molecular formula is C24H32FN3O3. The number of carbonyl (C=O) groups is 1. The molecule has 1 aliphatic heterocycles. The van der Waals surface area contributed by atoms with E-state index in [1.807, 2.05) is 38.1 Å². The number of benzene rings is 2. The molecule has 0 unspecified atom stereocenters. The normalized spacial score (nSPS) is 16.9. The number of hydrogen-bond donors (Lipinski definition) is 2. The van der Waals surface area contributed by atoms with Gasteiger partial charge in [-0.05, 0) is 49.1 Å². The molecule has 2 amide bonds. The number of urea groups is 1. The average molecular weight is 430 g/mol. The summed E-state index contributed by atoms with van der Waals surface area (Å²) in [7, 11) is 3.23. The van der Waals surface area contributed by atoms with Crippen LogP contribution in [0.3, 0.4) is 0 Å². The fourth-order valence-electron chi connectivity index (χ4n) is 4.21. The van der Waals surface area contributed by atoms with Gasteiger partial charge in [-0.25, -0.2) is 9.18 Å². The van der Waals surface area contributed by atoms with Gasteiger partial charge in [0.25, 0.3) is 0 Å². The van der Waals surface area contributed by atoms with Gasteiger partial charge in [0.2, 0.25) is 0 Å². The van der Waals surface area contributed by atoms with Crippen molar-refractivity contribution < 1.29 is 18.7 Å². The summed E-state index contributed by atoms with van der Waals surface area (Å²) in [5.41, 5.74) is 2.85. The van der Waals surface area contributed by atoms with Gasteiger partial charge in [0, 0.05) is 31.2 Å². The number of fused-ring (bicyclic) bond motifs is 1. The van der Waals surface area contributed by atoms with Crippen LogP contribution in [0.1, 0.15) is 43.0 Å². The van der Waals surface area contributed by atoms with Crippen LogP contribution in [-0.4, -0.2) is 44.3 Å². The maximum absolute atomic E-state index is 14.4. The van der Waals surface area contributed by atoms with Gasteiger partial charge in [0.05, 0.1) is 20.3 Å². The average Bonchev–Trinajstić information content (AvgIpc) is 2.77. The molecule has 0 saturated heterocycles. The Morgan fingerprint density at radius 2 is 1.94 bits per heavy atom. The zero-order valence-corrected chi connectivity index (χ0v) is 18.7. The largest absolute Gasteiger partial charge is 0.493 e. The van der Waals surface area contributed by atoms with Crippen LogP contribution >= 0.6 is 0 Å². The molecule has 2 aromatic carbocycles. The second kappa shape index (κ2) is 10.5. The quantitative estimate of drug-likeness (QED) is 0.665. The van der Waals surface area contributed by atoms with Crippen molar-refractivity contribution in [3.63, 3.8) is 0 Å². The number of rotatable bonds is 8. The Morgan fingerprint density at radius 1 is 1.23 bits per heavy atom. The second-order valence-corrected chi connectivity index (χ2v) is 7.85. The minimum atomic E-state index is -0.222. The maximum Gasteiger partial charge on any atom is 0.315 e. The van der Waals surface area contributed by atoms with E-state index in [0.717, 1.165) is 30.5 Å². The van der Waals surface area contributed by atoms with Crippen LogP contribution in [0.4, 0.5) is 9.18 Å². The second-order valence-electron chi connectivity index (χ2n) is 7.85. The lowest BCUT2D eigenvalue weighted by atomic mass is 9.87. The van der Waals surface area contributed by atoms with Crippen LogP contribution in [0.25, 0.3) is 0 Å². The monoisotopic (exact) mass is 429 g/mol. The standard InChI is InChI=1S/C24H32FN3O3/c1-5-11-26-24(29)27-16(2)23-19-14-22(31-4)21(30-3)13-17(19)10-12-28(23)15-18-8-6-7-9-20(18)25/h6-9,13-14,16,23H,5,10-12,15H2,1-4H3,(H2,26,27,29)/t16-,23-/m1/s1. The number of carbonyl (C=O) groups excluding carboxylic acids is 1. The van der Waals surface area contributed by atoms with E-state index >= 15 is 0 Å². The van der Waals surface area contributed by atoms with Crippen molar-refractivity contribution in [3.05, 3.63) is 58.9 Å². The topological polar surface area (TPSA) is 62.8 Å². The van der Waals surface area contributed by atoms with E-state index in [9.17, 15) is 9.18 Å². The van der Waals surface area contributed by atoms with Crippen LogP contribution in [0.2, 0.25) is 0 Å². The fraction of sp³-hybridized carbons (Fsp3) is 0.458. The highest BCUT2D eigenvalue weighted by molar-refractivity contribution is 5.74. The molecule has 31 heavy (non-hydrogen) atoms. The number of methoxy groups -OCH3 is 2. The zero-order chi connectivity index (χ0) is 22.4. The van der Waals surface area contributed by atoms with Gasteiger partial charge >= 0.3 is 6.03 Å². The van der Waals surface area contributed by atoms with Crippen LogP contribution in [0, 0.1) is 5.82 Å². The molecule has 0 saturated carbocycles. The van der Waals surface area contributed by atoms with Gasteiger partial charge in [-0.15, -0.1) is 0 Å². The van der Waals surface area contributed by atoms with Crippen molar-refractivity contribution in [2.75, 3.05) is 27.3 Å². The Morgan fingerprint density at radius 3 is 2.61 bits per heavy atom. The summed E-state index contributed by atoms with van der Waals surface area (Å²) in [6.45, 7) is 5.80. The van der Waals surface area contributed by atoms with Gasteiger partial charge < -0.3 is 20.1 Å². The number of hydrogen-bond acceptors (Lipinski definition) is 4. The maximum atomic E-state index is 14.4. The SMILES string of the molecule is CCCNC(=O)N[C@H](C)[C@@H]1c2cc(OC)c(OC)cc2CCN1Cc1ccccc1F. The summed E-state index contributed by atoms with van der Waals surface area (Å²) in [5, 5.41) is 5.93. The van der Waals surface area contributed by atoms with E-state index in [1.165, 1.54) is 6.07 Å². The van der Waals surface area contributed by atoms with Crippen molar-refractivity contribution in [2.24, 2.45) is 0 Å². The van der Waals surface area contributed by atoms with E-state index in [1.54, 1.807) is 20.3 Å². The molecule has 0 spiro atoms. The Labute approximate surface area is 183 Å². The summed E-state index contributed by atoms with van der Waals surface area (Å²) >= 11 is 0. The Kier molecular flexibility index (Phi) is 7.74. The molecule has 2 N–H and O–H groups in total. The number of halogens is 1. The van der Waals surface area contributed by atoms with Crippen molar-refractivity contribution in [3.8, 4) is 11.5 Å². The highest BCUT2D eigenvalue weighted by atomic mass is 19.1. The lowest BCUT2D eigenvalue weighted by Crippen LogP contribution is -2.50. The molecule has 6 nitrogen and oxygen atoms in total. The lowest BCUT2D eigenvalue weighted by molar-refractivity contribution is 0.141. The number of amides is 2. The van der Waals surface area contributed by atoms with Gasteiger partial charge in [-0.1, -0.05) is 25.1 Å². The molecule has 1 heterocycles. The van der Waals surface area contributed by atoms with Crippen molar-refractivity contribution >= 4 is 6.03 Å². The van der Waals surface area contributed by atoms with Crippen molar-refractivity contribution in [1.29, 1.82) is 0 Å². The summed E-state index contributed by atoms with van der Waals surface area (Å²) < 4.78 is 25.4. The lowest BCUT2D eigenvalue weighted by Gasteiger charge is -2.41. The molecule has 0 fully saturated rings. The summed E-state index contributed by atoms with van der Waals surface area (Å²) in [6, 6.07) is 10.3. The molecule has 1 aliphatic rings. The number of ether oxygens (including phenoxy) is 2. The first-order chi connectivity index (χ1) is 15.0. The predicted octanol–water partition coefficient (Wildman–Crippen LogP) is 4.04. The van der Waals surface area contributed by atoms with Crippen LogP contribution in [0.5, 0.6) is 11.5 Å². The zero-order valence-electron chi connectivity index (χ0n) is 18.7. The molecule has 0 radical (unpaired) electrons. The molecule has 7 heteroatoms. The number of nitrogens with zero attached hydrogens (tertiary/aromatic N) is 1. The molecule has 0 aromatic heterocycles. The third-order valence-electron chi connectivity index (χ3n) is 5.72. The van der Waals surface area contributed by atoms with Crippen molar-refractivity contribution in [1.82, 2.24) is 15.5 Å². The van der Waals surface area contributed by atoms with Gasteiger partial charge in [-0.2, -0.15) is 0 Å². The highest BCUT2D eigenvalue weighted by Crippen LogP contribution is 2.40. The summed E-state index contributed by atoms with van der Waals surface area (Å²) in [6.07, 6.45) is 1.67. The van der Waals surface area contributed by atoms with Crippen LogP contribution in [0.15, 0.2) is 36.4 Å². The number of nitrogens with one attached hydrogen (secondary N) is 2. The first kappa shape index (κ1) is 22.9. The molecule has 3 rings (SSSR count). The van der Waals surface area contributed by atoms with E-state index < -0.39 is 0 Å². The van der Waals surface area contributed by atoms with E-state index in [-0.39, 0.29) is 23.9 Å². The molecule has 168 valence electrons. The highest BCUT2D eigenvalue weighted by Gasteiger charge is 2.34. The molecule has 2 atom stereocenters. The molecule has 2 aromatic rings. The summed E-state index contributed by atoms with van der Waals surface area (Å²) in [4.78, 5) is 14.6. The third-order valence-corrected chi connectivity index (χ3v) is 5.72. The Hall–Kier alpha value is -2.80. The Balaban J connectivity index is 1.95. The minimum Gasteiger partial charge on any atom is -0.493 e. The van der Waals surface area contributed by atoms with Crippen molar-refractivity contribution in [2.45, 2.75) is 45.3 Å². The third kappa shape index (κ3) is 5.28. The summed E-state index contributed by atoms with van der Waals surface area (Å²) in [5.74, 6) is 1.10. The smallest absolute Gasteiger partial charge is 0.315 e. The minimum absolute atomic E-state index is 0.143. The van der Waals surface area contributed by atoms with Gasteiger partial charge in [-0.3, -0.25) is 4.90 Å².